The summed E-state index contributed by atoms with van der Waals surface area (Å²) in [7, 11) is 0. The quantitative estimate of drug-likeness (QED) is 0.676. The molecule has 1 heterocycles. The molecule has 14 heavy (non-hydrogen) atoms. The normalized spacial score (nSPS) is 10.4. The lowest BCUT2D eigenvalue weighted by molar-refractivity contribution is -0.113. The fourth-order valence-electron chi connectivity index (χ4n) is 1.09. The number of carbonyl (C=O) groups is 1. The van der Waals surface area contributed by atoms with Crippen molar-refractivity contribution in [2.45, 2.75) is 0 Å². The van der Waals surface area contributed by atoms with Gasteiger partial charge >= 0.3 is 0 Å². The molecule has 2 rings (SSSR count). The predicted octanol–water partition coefficient (Wildman–Crippen LogP) is 1.60. The van der Waals surface area contributed by atoms with Gasteiger partial charge in [-0.2, -0.15) is 0 Å². The first-order valence-electron chi connectivity index (χ1n) is 3.88. The fourth-order valence-corrected chi connectivity index (χ4v) is 1.28. The maximum atomic E-state index is 11.1. The van der Waals surface area contributed by atoms with Gasteiger partial charge < -0.3 is 9.84 Å². The molecule has 0 fully saturated rings. The highest BCUT2D eigenvalue weighted by Gasteiger charge is 2.07. The van der Waals surface area contributed by atoms with E-state index in [4.69, 9.17) is 4.52 Å². The number of fused-ring (bicyclic) bond motifs is 1. The maximum absolute atomic E-state index is 11.1. The van der Waals surface area contributed by atoms with Gasteiger partial charge in [-0.15, -0.1) is 5.10 Å². The van der Waals surface area contributed by atoms with Crippen molar-refractivity contribution >= 4 is 45.3 Å². The van der Waals surface area contributed by atoms with Crippen molar-refractivity contribution in [1.82, 2.24) is 10.4 Å². The average Bonchev–Trinajstić information content (AvgIpc) is 2.66. The summed E-state index contributed by atoms with van der Waals surface area (Å²) in [6.45, 7) is 0. The number of rotatable bonds is 2. The highest BCUT2D eigenvalue weighted by Crippen LogP contribution is 2.20. The highest BCUT2D eigenvalue weighted by molar-refractivity contribution is 14.1. The monoisotopic (exact) mass is 303 g/mol. The molecule has 6 heteroatoms. The van der Waals surface area contributed by atoms with Gasteiger partial charge in [0.2, 0.25) is 5.91 Å². The molecular formula is C8H6IN3O2. The van der Waals surface area contributed by atoms with Crippen molar-refractivity contribution in [2.75, 3.05) is 9.74 Å². The standard InChI is InChI=1S/C8H6IN3O2/c9-4-7(13)10-5-2-1-3-6-8(5)11-12-14-6/h1-3H,4H2,(H,10,13). The lowest BCUT2D eigenvalue weighted by Crippen LogP contribution is -2.12. The number of aromatic nitrogens is 2. The molecule has 0 aliphatic heterocycles. The number of hydrogen-bond donors (Lipinski definition) is 1. The van der Waals surface area contributed by atoms with Crippen LogP contribution in [0.25, 0.3) is 11.1 Å². The van der Waals surface area contributed by atoms with Gasteiger partial charge in [-0.05, 0) is 12.1 Å². The van der Waals surface area contributed by atoms with E-state index in [9.17, 15) is 4.79 Å². The van der Waals surface area contributed by atoms with E-state index < -0.39 is 0 Å². The summed E-state index contributed by atoms with van der Waals surface area (Å²) in [5, 5.41) is 9.90. The minimum Gasteiger partial charge on any atom is -0.337 e. The second-order valence-electron chi connectivity index (χ2n) is 2.61. The molecule has 0 aliphatic carbocycles. The summed E-state index contributed by atoms with van der Waals surface area (Å²) in [6, 6.07) is 5.28. The van der Waals surface area contributed by atoms with E-state index in [0.29, 0.717) is 21.2 Å². The van der Waals surface area contributed by atoms with Crippen LogP contribution in [-0.4, -0.2) is 20.7 Å². The molecule has 5 nitrogen and oxygen atoms in total. The average molecular weight is 303 g/mol. The largest absolute Gasteiger partial charge is 0.337 e. The molecule has 72 valence electrons. The molecule has 0 radical (unpaired) electrons. The predicted molar refractivity (Wildman–Crippen MR) is 59.3 cm³/mol. The zero-order chi connectivity index (χ0) is 9.97. The molecular weight excluding hydrogens is 297 g/mol. The van der Waals surface area contributed by atoms with E-state index in [-0.39, 0.29) is 5.91 Å². The van der Waals surface area contributed by atoms with Crippen LogP contribution in [0.3, 0.4) is 0 Å². The van der Waals surface area contributed by atoms with Gasteiger partial charge in [0.05, 0.1) is 10.1 Å². The SMILES string of the molecule is O=C(CI)Nc1cccc2onnc12. The number of alkyl halides is 1. The van der Waals surface area contributed by atoms with Crippen molar-refractivity contribution in [3.63, 3.8) is 0 Å². The van der Waals surface area contributed by atoms with Gasteiger partial charge in [-0.1, -0.05) is 28.7 Å². The van der Waals surface area contributed by atoms with Crippen LogP contribution >= 0.6 is 22.6 Å². The van der Waals surface area contributed by atoms with Crippen LogP contribution < -0.4 is 5.32 Å². The Morgan fingerprint density at radius 1 is 1.57 bits per heavy atom. The number of amides is 1. The van der Waals surface area contributed by atoms with Crippen molar-refractivity contribution in [3.8, 4) is 0 Å². The summed E-state index contributed by atoms with van der Waals surface area (Å²) in [4.78, 5) is 11.1. The maximum Gasteiger partial charge on any atom is 0.234 e. The second kappa shape index (κ2) is 3.91. The third kappa shape index (κ3) is 1.69. The van der Waals surface area contributed by atoms with E-state index in [0.717, 1.165) is 0 Å². The van der Waals surface area contributed by atoms with Crippen LogP contribution in [0.15, 0.2) is 22.7 Å². The summed E-state index contributed by atoms with van der Waals surface area (Å²) in [5.74, 6) is -0.0684. The number of nitrogens with zero attached hydrogens (tertiary/aromatic N) is 2. The van der Waals surface area contributed by atoms with Crippen LogP contribution in [0.2, 0.25) is 0 Å². The van der Waals surface area contributed by atoms with Gasteiger partial charge in [0.15, 0.2) is 11.1 Å². The molecule has 1 amide bonds. The number of halogens is 1. The molecule has 1 aromatic carbocycles. The van der Waals surface area contributed by atoms with Gasteiger partial charge in [-0.25, -0.2) is 0 Å². The Bertz CT molecular complexity index is 468. The highest BCUT2D eigenvalue weighted by atomic mass is 127. The van der Waals surface area contributed by atoms with Gasteiger partial charge in [0, 0.05) is 5.27 Å². The third-order valence-corrected chi connectivity index (χ3v) is 2.37. The number of hydrogen-bond acceptors (Lipinski definition) is 4. The fraction of sp³-hybridized carbons (Fsp3) is 0.125. The number of benzene rings is 1. The van der Waals surface area contributed by atoms with Gasteiger partial charge in [-0.3, -0.25) is 4.79 Å². The van der Waals surface area contributed by atoms with Crippen LogP contribution in [0.1, 0.15) is 0 Å². The first kappa shape index (κ1) is 9.38. The van der Waals surface area contributed by atoms with Crippen LogP contribution in [0.4, 0.5) is 5.69 Å². The molecule has 0 spiro atoms. The van der Waals surface area contributed by atoms with Crippen LogP contribution in [-0.2, 0) is 4.79 Å². The van der Waals surface area contributed by atoms with Gasteiger partial charge in [0.1, 0.15) is 0 Å². The Kier molecular flexibility index (Phi) is 2.62. The first-order chi connectivity index (χ1) is 6.81. The second-order valence-corrected chi connectivity index (χ2v) is 3.37. The molecule has 0 bridgehead atoms. The van der Waals surface area contributed by atoms with E-state index in [2.05, 4.69) is 15.7 Å². The summed E-state index contributed by atoms with van der Waals surface area (Å²) < 4.78 is 5.26. The van der Waals surface area contributed by atoms with E-state index >= 15 is 0 Å². The Balaban J connectivity index is 2.41. The minimum absolute atomic E-state index is 0.0684. The number of nitrogens with one attached hydrogen (secondary N) is 1. The van der Waals surface area contributed by atoms with Crippen molar-refractivity contribution < 1.29 is 9.32 Å². The van der Waals surface area contributed by atoms with Gasteiger partial charge in [0.25, 0.3) is 0 Å². The zero-order valence-corrected chi connectivity index (χ0v) is 9.19. The van der Waals surface area contributed by atoms with Crippen LogP contribution in [0.5, 0.6) is 0 Å². The molecule has 0 saturated heterocycles. The topological polar surface area (TPSA) is 68.0 Å². The molecule has 0 saturated carbocycles. The number of carbonyl (C=O) groups excluding carboxylic acids is 1. The minimum atomic E-state index is -0.0684. The smallest absolute Gasteiger partial charge is 0.234 e. The molecule has 0 aliphatic rings. The Morgan fingerprint density at radius 2 is 2.43 bits per heavy atom. The Hall–Kier alpha value is -1.18. The first-order valence-corrected chi connectivity index (χ1v) is 5.40. The van der Waals surface area contributed by atoms with E-state index in [1.807, 2.05) is 22.6 Å². The van der Waals surface area contributed by atoms with Crippen molar-refractivity contribution in [2.24, 2.45) is 0 Å². The summed E-state index contributed by atoms with van der Waals surface area (Å²) >= 11 is 1.99. The molecule has 0 atom stereocenters. The van der Waals surface area contributed by atoms with E-state index in [1.165, 1.54) is 0 Å². The Labute approximate surface area is 93.0 Å². The Morgan fingerprint density at radius 3 is 3.21 bits per heavy atom. The lowest BCUT2D eigenvalue weighted by atomic mass is 10.3. The molecule has 0 unspecified atom stereocenters. The number of anilines is 1. The van der Waals surface area contributed by atoms with Crippen molar-refractivity contribution in [3.05, 3.63) is 18.2 Å². The molecule has 1 N–H and O–H groups in total. The zero-order valence-electron chi connectivity index (χ0n) is 7.03. The van der Waals surface area contributed by atoms with E-state index in [1.54, 1.807) is 18.2 Å². The molecule has 1 aromatic heterocycles. The van der Waals surface area contributed by atoms with Crippen LogP contribution in [0, 0.1) is 0 Å². The lowest BCUT2D eigenvalue weighted by Gasteiger charge is -2.01. The summed E-state index contributed by atoms with van der Waals surface area (Å²) in [6.07, 6.45) is 0. The third-order valence-electron chi connectivity index (χ3n) is 1.67. The molecule has 2 aromatic rings. The van der Waals surface area contributed by atoms with Crippen molar-refractivity contribution in [1.29, 1.82) is 0 Å². The summed E-state index contributed by atoms with van der Waals surface area (Å²) in [5.41, 5.74) is 1.77.